The van der Waals surface area contributed by atoms with E-state index in [9.17, 15) is 9.59 Å². The maximum absolute atomic E-state index is 11.6. The number of thioether (sulfide) groups is 1. The van der Waals surface area contributed by atoms with Gasteiger partial charge in [0.15, 0.2) is 0 Å². The molecular formula is C15H22N2O3S. The highest BCUT2D eigenvalue weighted by atomic mass is 32.2. The Hall–Kier alpha value is -1.69. The summed E-state index contributed by atoms with van der Waals surface area (Å²) in [7, 11) is 3.97. The van der Waals surface area contributed by atoms with Crippen LogP contribution in [-0.4, -0.2) is 44.1 Å². The predicted octanol–water partition coefficient (Wildman–Crippen LogP) is 1.67. The predicted molar refractivity (Wildman–Crippen MR) is 86.6 cm³/mol. The van der Waals surface area contributed by atoms with E-state index in [1.807, 2.05) is 43.3 Å². The van der Waals surface area contributed by atoms with E-state index in [2.05, 4.69) is 5.32 Å². The second-order valence-corrected chi connectivity index (χ2v) is 5.62. The van der Waals surface area contributed by atoms with Gasteiger partial charge < -0.3 is 15.0 Å². The van der Waals surface area contributed by atoms with Crippen LogP contribution in [-0.2, 0) is 20.9 Å². The first-order valence-corrected chi connectivity index (χ1v) is 7.94. The minimum atomic E-state index is -0.283. The molecule has 0 radical (unpaired) electrons. The summed E-state index contributed by atoms with van der Waals surface area (Å²) in [5.74, 6) is 0.100. The van der Waals surface area contributed by atoms with Gasteiger partial charge in [0.25, 0.3) is 0 Å². The van der Waals surface area contributed by atoms with E-state index < -0.39 is 0 Å². The molecule has 0 saturated heterocycles. The van der Waals surface area contributed by atoms with Gasteiger partial charge in [-0.25, -0.2) is 0 Å². The molecule has 0 atom stereocenters. The number of nitrogens with zero attached hydrogens (tertiary/aromatic N) is 1. The number of amides is 1. The largest absolute Gasteiger partial charge is 0.465 e. The molecule has 6 heteroatoms. The van der Waals surface area contributed by atoms with Gasteiger partial charge >= 0.3 is 5.97 Å². The van der Waals surface area contributed by atoms with Gasteiger partial charge in [-0.1, -0.05) is 12.1 Å². The van der Waals surface area contributed by atoms with E-state index in [-0.39, 0.29) is 23.4 Å². The van der Waals surface area contributed by atoms with E-state index in [0.717, 1.165) is 11.3 Å². The minimum Gasteiger partial charge on any atom is -0.465 e. The third kappa shape index (κ3) is 7.04. The minimum absolute atomic E-state index is 0.0824. The Kier molecular flexibility index (Phi) is 7.68. The first kappa shape index (κ1) is 17.4. The van der Waals surface area contributed by atoms with Crippen LogP contribution in [0.15, 0.2) is 24.3 Å². The molecule has 0 spiro atoms. The zero-order valence-electron chi connectivity index (χ0n) is 12.7. The van der Waals surface area contributed by atoms with Crippen molar-refractivity contribution in [2.45, 2.75) is 13.5 Å². The van der Waals surface area contributed by atoms with Crippen LogP contribution in [0.3, 0.4) is 0 Å². The Morgan fingerprint density at radius 2 is 1.86 bits per heavy atom. The Bertz CT molecular complexity index is 460. The Morgan fingerprint density at radius 1 is 1.19 bits per heavy atom. The topological polar surface area (TPSA) is 58.6 Å². The third-order valence-corrected chi connectivity index (χ3v) is 3.61. The molecule has 116 valence electrons. The number of carbonyl (C=O) groups is 2. The summed E-state index contributed by atoms with van der Waals surface area (Å²) < 4.78 is 4.79. The molecule has 0 aliphatic carbocycles. The second-order valence-electron chi connectivity index (χ2n) is 4.64. The number of esters is 1. The molecule has 5 nitrogen and oxygen atoms in total. The summed E-state index contributed by atoms with van der Waals surface area (Å²) in [6, 6.07) is 8.00. The Morgan fingerprint density at radius 3 is 2.43 bits per heavy atom. The van der Waals surface area contributed by atoms with Gasteiger partial charge in [-0.05, 0) is 24.6 Å². The smallest absolute Gasteiger partial charge is 0.315 e. The number of ether oxygens (including phenoxy) is 1. The van der Waals surface area contributed by atoms with Crippen LogP contribution >= 0.6 is 11.8 Å². The van der Waals surface area contributed by atoms with Crippen LogP contribution in [0.4, 0.5) is 5.69 Å². The second kappa shape index (κ2) is 9.28. The van der Waals surface area contributed by atoms with Crippen LogP contribution in [0.1, 0.15) is 12.5 Å². The quantitative estimate of drug-likeness (QED) is 0.740. The molecule has 1 aromatic carbocycles. The molecule has 0 aliphatic rings. The van der Waals surface area contributed by atoms with Crippen LogP contribution in [0.2, 0.25) is 0 Å². The zero-order chi connectivity index (χ0) is 15.7. The van der Waals surface area contributed by atoms with E-state index >= 15 is 0 Å². The summed E-state index contributed by atoms with van der Waals surface area (Å²) in [5, 5.41) is 2.83. The molecule has 0 unspecified atom stereocenters. The molecule has 1 amide bonds. The fourth-order valence-electron chi connectivity index (χ4n) is 1.59. The number of nitrogens with one attached hydrogen (secondary N) is 1. The van der Waals surface area contributed by atoms with Gasteiger partial charge in [-0.2, -0.15) is 0 Å². The van der Waals surface area contributed by atoms with Gasteiger partial charge in [-0.15, -0.1) is 11.8 Å². The fraction of sp³-hybridized carbons (Fsp3) is 0.467. The first-order chi connectivity index (χ1) is 10.0. The van der Waals surface area contributed by atoms with Crippen molar-refractivity contribution in [3.8, 4) is 0 Å². The van der Waals surface area contributed by atoms with Crippen LogP contribution in [0, 0.1) is 0 Å². The molecule has 0 heterocycles. The lowest BCUT2D eigenvalue weighted by molar-refractivity contribution is -0.139. The highest BCUT2D eigenvalue weighted by Crippen LogP contribution is 2.12. The molecule has 0 fully saturated rings. The number of hydrogen-bond donors (Lipinski definition) is 1. The number of hydrogen-bond acceptors (Lipinski definition) is 5. The SMILES string of the molecule is CCOC(=O)CSCC(=O)NCc1ccc(N(C)C)cc1. The van der Waals surface area contributed by atoms with Crippen LogP contribution in [0.5, 0.6) is 0 Å². The Labute approximate surface area is 130 Å². The lowest BCUT2D eigenvalue weighted by atomic mass is 10.2. The highest BCUT2D eigenvalue weighted by Gasteiger charge is 2.06. The molecule has 21 heavy (non-hydrogen) atoms. The standard InChI is InChI=1S/C15H22N2O3S/c1-4-20-15(19)11-21-10-14(18)16-9-12-5-7-13(8-6-12)17(2)3/h5-8H,4,9-11H2,1-3H3,(H,16,18). The van der Waals surface area contributed by atoms with Gasteiger partial charge in [0.1, 0.15) is 0 Å². The highest BCUT2D eigenvalue weighted by molar-refractivity contribution is 8.00. The van der Waals surface area contributed by atoms with Crippen molar-refractivity contribution < 1.29 is 14.3 Å². The molecule has 0 bridgehead atoms. The van der Waals surface area contributed by atoms with Crippen molar-refractivity contribution in [3.63, 3.8) is 0 Å². The van der Waals surface area contributed by atoms with Gasteiger partial charge in [0.2, 0.25) is 5.91 Å². The van der Waals surface area contributed by atoms with Crippen molar-refractivity contribution in [3.05, 3.63) is 29.8 Å². The number of rotatable bonds is 8. The van der Waals surface area contributed by atoms with Gasteiger partial charge in [-0.3, -0.25) is 9.59 Å². The lowest BCUT2D eigenvalue weighted by Gasteiger charge is -2.12. The molecule has 0 aliphatic heterocycles. The average Bonchev–Trinajstić information content (AvgIpc) is 2.46. The van der Waals surface area contributed by atoms with E-state index in [4.69, 9.17) is 4.74 Å². The maximum atomic E-state index is 11.6. The number of anilines is 1. The fourth-order valence-corrected chi connectivity index (χ4v) is 2.23. The Balaban J connectivity index is 2.25. The average molecular weight is 310 g/mol. The van der Waals surface area contributed by atoms with Crippen molar-refractivity contribution in [1.29, 1.82) is 0 Å². The van der Waals surface area contributed by atoms with E-state index in [1.54, 1.807) is 6.92 Å². The molecule has 1 rings (SSSR count). The van der Waals surface area contributed by atoms with Crippen molar-refractivity contribution >= 4 is 29.3 Å². The summed E-state index contributed by atoms with van der Waals surface area (Å²) >= 11 is 1.26. The van der Waals surface area contributed by atoms with Crippen molar-refractivity contribution in [2.75, 3.05) is 37.1 Å². The summed E-state index contributed by atoms with van der Waals surface area (Å²) in [6.45, 7) is 2.62. The molecule has 0 saturated carbocycles. The van der Waals surface area contributed by atoms with Gasteiger partial charge in [0, 0.05) is 26.3 Å². The van der Waals surface area contributed by atoms with Crippen molar-refractivity contribution in [1.82, 2.24) is 5.32 Å². The van der Waals surface area contributed by atoms with Crippen molar-refractivity contribution in [2.24, 2.45) is 0 Å². The third-order valence-electron chi connectivity index (χ3n) is 2.70. The normalized spacial score (nSPS) is 10.0. The van der Waals surface area contributed by atoms with E-state index in [1.165, 1.54) is 11.8 Å². The molecule has 1 N–H and O–H groups in total. The lowest BCUT2D eigenvalue weighted by Crippen LogP contribution is -2.25. The number of carbonyl (C=O) groups excluding carboxylic acids is 2. The summed E-state index contributed by atoms with van der Waals surface area (Å²) in [6.07, 6.45) is 0. The van der Waals surface area contributed by atoms with Crippen LogP contribution < -0.4 is 10.2 Å². The molecule has 0 aromatic heterocycles. The summed E-state index contributed by atoms with van der Waals surface area (Å²) in [5.41, 5.74) is 2.17. The first-order valence-electron chi connectivity index (χ1n) is 6.79. The monoisotopic (exact) mass is 310 g/mol. The summed E-state index contributed by atoms with van der Waals surface area (Å²) in [4.78, 5) is 24.8. The van der Waals surface area contributed by atoms with Crippen LogP contribution in [0.25, 0.3) is 0 Å². The zero-order valence-corrected chi connectivity index (χ0v) is 13.5. The van der Waals surface area contributed by atoms with Gasteiger partial charge in [0.05, 0.1) is 18.1 Å². The molecule has 1 aromatic rings. The molecular weight excluding hydrogens is 288 g/mol. The number of benzene rings is 1. The van der Waals surface area contributed by atoms with E-state index in [0.29, 0.717) is 13.2 Å². The maximum Gasteiger partial charge on any atom is 0.315 e.